The Labute approximate surface area is 124 Å². The first kappa shape index (κ1) is 13.5. The molecule has 3 rings (SSSR count). The van der Waals surface area contributed by atoms with E-state index in [1.807, 2.05) is 43.6 Å². The van der Waals surface area contributed by atoms with Gasteiger partial charge in [0.05, 0.1) is 17.9 Å². The number of aromatic amines is 1. The summed E-state index contributed by atoms with van der Waals surface area (Å²) in [7, 11) is 0. The van der Waals surface area contributed by atoms with Gasteiger partial charge in [0.25, 0.3) is 0 Å². The highest BCUT2D eigenvalue weighted by atomic mass is 15.1. The lowest BCUT2D eigenvalue weighted by Gasteiger charge is -2.18. The second-order valence-corrected chi connectivity index (χ2v) is 5.00. The van der Waals surface area contributed by atoms with E-state index < -0.39 is 0 Å². The molecule has 2 heterocycles. The van der Waals surface area contributed by atoms with Gasteiger partial charge in [0.2, 0.25) is 0 Å². The quantitative estimate of drug-likeness (QED) is 0.754. The zero-order valence-corrected chi connectivity index (χ0v) is 12.0. The van der Waals surface area contributed by atoms with E-state index in [4.69, 9.17) is 0 Å². The van der Waals surface area contributed by atoms with Crippen LogP contribution in [0.25, 0.3) is 0 Å². The van der Waals surface area contributed by atoms with Gasteiger partial charge in [-0.15, -0.1) is 0 Å². The minimum Gasteiger partial charge on any atom is -0.301 e. The minimum absolute atomic E-state index is 0.0710. The van der Waals surface area contributed by atoms with Crippen LogP contribution in [-0.2, 0) is 6.54 Å². The van der Waals surface area contributed by atoms with Gasteiger partial charge in [0.15, 0.2) is 0 Å². The zero-order chi connectivity index (χ0) is 14.5. The Morgan fingerprint density at radius 3 is 2.57 bits per heavy atom. The number of hydrogen-bond acceptors (Lipinski definition) is 3. The number of nitrogens with one attached hydrogen (secondary N) is 2. The van der Waals surface area contributed by atoms with Gasteiger partial charge in [0.1, 0.15) is 0 Å². The fraction of sp³-hybridized carbons (Fsp3) is 0.176. The maximum atomic E-state index is 4.49. The lowest BCUT2D eigenvalue weighted by molar-refractivity contribution is 0.590. The van der Waals surface area contributed by atoms with E-state index >= 15 is 0 Å². The van der Waals surface area contributed by atoms with Crippen LogP contribution in [0.1, 0.15) is 28.6 Å². The van der Waals surface area contributed by atoms with E-state index in [2.05, 4.69) is 44.8 Å². The molecule has 0 bridgehead atoms. The standard InChI is InChI=1S/C17H18N4/c1-13-15(12-20-21-13)11-19-17(14-7-3-2-4-8-14)16-9-5-6-10-18-16/h2-10,12,17,19H,11H2,1H3,(H,20,21). The third-order valence-corrected chi connectivity index (χ3v) is 3.55. The Kier molecular flexibility index (Phi) is 4.07. The van der Waals surface area contributed by atoms with Gasteiger partial charge in [-0.3, -0.25) is 10.1 Å². The summed E-state index contributed by atoms with van der Waals surface area (Å²) in [5.74, 6) is 0. The van der Waals surface area contributed by atoms with E-state index in [9.17, 15) is 0 Å². The molecule has 0 amide bonds. The van der Waals surface area contributed by atoms with E-state index in [1.54, 1.807) is 0 Å². The predicted molar refractivity (Wildman–Crippen MR) is 82.7 cm³/mol. The molecule has 4 nitrogen and oxygen atoms in total. The lowest BCUT2D eigenvalue weighted by atomic mass is 10.0. The molecule has 1 aromatic carbocycles. The summed E-state index contributed by atoms with van der Waals surface area (Å²) < 4.78 is 0. The maximum Gasteiger partial charge on any atom is 0.0754 e. The van der Waals surface area contributed by atoms with Crippen molar-refractivity contribution in [3.63, 3.8) is 0 Å². The average molecular weight is 278 g/mol. The van der Waals surface area contributed by atoms with E-state index in [0.29, 0.717) is 0 Å². The summed E-state index contributed by atoms with van der Waals surface area (Å²) in [4.78, 5) is 4.49. The normalized spacial score (nSPS) is 12.2. The van der Waals surface area contributed by atoms with Gasteiger partial charge < -0.3 is 5.32 Å². The van der Waals surface area contributed by atoms with E-state index in [0.717, 1.165) is 17.9 Å². The third kappa shape index (κ3) is 3.17. The molecule has 106 valence electrons. The van der Waals surface area contributed by atoms with Crippen LogP contribution in [-0.4, -0.2) is 15.2 Å². The van der Waals surface area contributed by atoms with Gasteiger partial charge in [-0.1, -0.05) is 36.4 Å². The number of aromatic nitrogens is 3. The molecule has 4 heteroatoms. The second kappa shape index (κ2) is 6.33. The first-order chi connectivity index (χ1) is 10.3. The van der Waals surface area contributed by atoms with Gasteiger partial charge in [0, 0.05) is 24.0 Å². The SMILES string of the molecule is Cc1[nH]ncc1CNC(c1ccccc1)c1ccccn1. The van der Waals surface area contributed by atoms with Crippen LogP contribution in [0, 0.1) is 6.92 Å². The van der Waals surface area contributed by atoms with Crippen LogP contribution in [0.2, 0.25) is 0 Å². The predicted octanol–water partition coefficient (Wildman–Crippen LogP) is 2.99. The maximum absolute atomic E-state index is 4.49. The number of nitrogens with zero attached hydrogens (tertiary/aromatic N) is 2. The number of H-pyrrole nitrogens is 1. The number of benzene rings is 1. The molecule has 0 saturated heterocycles. The van der Waals surface area contributed by atoms with Crippen molar-refractivity contribution in [1.82, 2.24) is 20.5 Å². The topological polar surface area (TPSA) is 53.6 Å². The van der Waals surface area contributed by atoms with Crippen LogP contribution in [0.3, 0.4) is 0 Å². The Morgan fingerprint density at radius 1 is 1.10 bits per heavy atom. The minimum atomic E-state index is 0.0710. The molecule has 2 aromatic heterocycles. The molecule has 0 saturated carbocycles. The summed E-state index contributed by atoms with van der Waals surface area (Å²) in [6.45, 7) is 2.78. The molecule has 0 aliphatic heterocycles. The second-order valence-electron chi connectivity index (χ2n) is 5.00. The fourth-order valence-corrected chi connectivity index (χ4v) is 2.35. The van der Waals surface area contributed by atoms with Crippen molar-refractivity contribution in [2.45, 2.75) is 19.5 Å². The summed E-state index contributed by atoms with van der Waals surface area (Å²) in [5.41, 5.74) is 4.49. The molecule has 0 aliphatic rings. The van der Waals surface area contributed by atoms with Gasteiger partial charge in [-0.05, 0) is 24.6 Å². The van der Waals surface area contributed by atoms with Crippen molar-refractivity contribution in [2.24, 2.45) is 0 Å². The average Bonchev–Trinajstić information content (AvgIpc) is 2.95. The highest BCUT2D eigenvalue weighted by Gasteiger charge is 2.15. The van der Waals surface area contributed by atoms with Crippen molar-refractivity contribution in [3.8, 4) is 0 Å². The number of aryl methyl sites for hydroxylation is 1. The van der Waals surface area contributed by atoms with E-state index in [1.165, 1.54) is 11.1 Å². The van der Waals surface area contributed by atoms with Crippen LogP contribution >= 0.6 is 0 Å². The molecular weight excluding hydrogens is 260 g/mol. The Morgan fingerprint density at radius 2 is 1.90 bits per heavy atom. The summed E-state index contributed by atoms with van der Waals surface area (Å²) in [6, 6.07) is 16.4. The van der Waals surface area contributed by atoms with Crippen LogP contribution < -0.4 is 5.32 Å². The Bertz CT molecular complexity index is 637. The van der Waals surface area contributed by atoms with Crippen LogP contribution in [0.5, 0.6) is 0 Å². The smallest absolute Gasteiger partial charge is 0.0754 e. The first-order valence-corrected chi connectivity index (χ1v) is 7.02. The molecule has 1 atom stereocenters. The highest BCUT2D eigenvalue weighted by Crippen LogP contribution is 2.20. The van der Waals surface area contributed by atoms with Gasteiger partial charge in [-0.25, -0.2) is 0 Å². The van der Waals surface area contributed by atoms with Crippen molar-refractivity contribution < 1.29 is 0 Å². The van der Waals surface area contributed by atoms with E-state index in [-0.39, 0.29) is 6.04 Å². The summed E-state index contributed by atoms with van der Waals surface area (Å²) in [5, 5.41) is 10.6. The molecule has 21 heavy (non-hydrogen) atoms. The molecule has 2 N–H and O–H groups in total. The summed E-state index contributed by atoms with van der Waals surface area (Å²) >= 11 is 0. The van der Waals surface area contributed by atoms with Crippen molar-refractivity contribution in [1.29, 1.82) is 0 Å². The highest BCUT2D eigenvalue weighted by molar-refractivity contribution is 5.28. The number of hydrogen-bond donors (Lipinski definition) is 2. The molecule has 0 aliphatic carbocycles. The van der Waals surface area contributed by atoms with Gasteiger partial charge in [-0.2, -0.15) is 5.10 Å². The molecule has 3 aromatic rings. The Balaban J connectivity index is 1.85. The monoisotopic (exact) mass is 278 g/mol. The number of pyridine rings is 1. The number of rotatable bonds is 5. The fourth-order valence-electron chi connectivity index (χ4n) is 2.35. The molecule has 0 spiro atoms. The van der Waals surface area contributed by atoms with Gasteiger partial charge >= 0.3 is 0 Å². The summed E-state index contributed by atoms with van der Waals surface area (Å²) in [6.07, 6.45) is 3.69. The molecule has 1 unspecified atom stereocenters. The van der Waals surface area contributed by atoms with Crippen molar-refractivity contribution in [2.75, 3.05) is 0 Å². The lowest BCUT2D eigenvalue weighted by Crippen LogP contribution is -2.23. The zero-order valence-electron chi connectivity index (χ0n) is 12.0. The largest absolute Gasteiger partial charge is 0.301 e. The van der Waals surface area contributed by atoms with Crippen molar-refractivity contribution in [3.05, 3.63) is 83.4 Å². The molecule has 0 radical (unpaired) electrons. The molecule has 0 fully saturated rings. The van der Waals surface area contributed by atoms with Crippen LogP contribution in [0.15, 0.2) is 60.9 Å². The molecular formula is C17H18N4. The third-order valence-electron chi connectivity index (χ3n) is 3.55. The first-order valence-electron chi connectivity index (χ1n) is 7.02. The van der Waals surface area contributed by atoms with Crippen molar-refractivity contribution >= 4 is 0 Å². The Hall–Kier alpha value is -2.46. The van der Waals surface area contributed by atoms with Crippen LogP contribution in [0.4, 0.5) is 0 Å².